The molecule has 0 N–H and O–H groups in total. The van der Waals surface area contributed by atoms with Gasteiger partial charge in [-0.05, 0) is 24.6 Å². The van der Waals surface area contributed by atoms with Gasteiger partial charge in [-0.25, -0.2) is 4.98 Å². The van der Waals surface area contributed by atoms with Gasteiger partial charge in [-0.3, -0.25) is 14.5 Å². The van der Waals surface area contributed by atoms with Crippen LogP contribution in [0.4, 0.5) is 5.13 Å². The zero-order valence-electron chi connectivity index (χ0n) is 18.3. The van der Waals surface area contributed by atoms with E-state index >= 15 is 0 Å². The molecule has 3 aliphatic rings. The van der Waals surface area contributed by atoms with Crippen molar-refractivity contribution < 1.29 is 19.1 Å². The predicted octanol–water partition coefficient (Wildman–Crippen LogP) is 2.60. The molecule has 1 atom stereocenters. The summed E-state index contributed by atoms with van der Waals surface area (Å²) >= 11 is 1.45. The molecule has 2 saturated heterocycles. The van der Waals surface area contributed by atoms with Gasteiger partial charge in [-0.15, -0.1) is 0 Å². The van der Waals surface area contributed by atoms with Crippen molar-refractivity contribution in [3.05, 3.63) is 34.8 Å². The second kappa shape index (κ2) is 9.07. The van der Waals surface area contributed by atoms with E-state index in [1.807, 2.05) is 6.07 Å². The molecule has 2 fully saturated rings. The van der Waals surface area contributed by atoms with E-state index in [4.69, 9.17) is 9.47 Å². The highest BCUT2D eigenvalue weighted by atomic mass is 32.1. The van der Waals surface area contributed by atoms with Crippen LogP contribution in [0.25, 0.3) is 0 Å². The molecular formula is C23H28N4O4S. The summed E-state index contributed by atoms with van der Waals surface area (Å²) in [4.78, 5) is 35.9. The van der Waals surface area contributed by atoms with Crippen molar-refractivity contribution in [1.29, 1.82) is 0 Å². The predicted molar refractivity (Wildman–Crippen MR) is 122 cm³/mol. The molecule has 1 aromatic heterocycles. The van der Waals surface area contributed by atoms with Gasteiger partial charge in [0.15, 0.2) is 16.6 Å². The third-order valence-corrected chi connectivity index (χ3v) is 7.54. The Morgan fingerprint density at radius 3 is 2.50 bits per heavy atom. The number of rotatable bonds is 4. The largest absolute Gasteiger partial charge is 0.486 e. The Hall–Kier alpha value is -2.65. The topological polar surface area (TPSA) is 75.2 Å². The summed E-state index contributed by atoms with van der Waals surface area (Å²) < 4.78 is 11.4. The van der Waals surface area contributed by atoms with E-state index in [-0.39, 0.29) is 17.7 Å². The average molecular weight is 457 g/mol. The summed E-state index contributed by atoms with van der Waals surface area (Å²) in [6.45, 7) is 8.04. The molecule has 0 radical (unpaired) electrons. The van der Waals surface area contributed by atoms with Gasteiger partial charge < -0.3 is 19.3 Å². The molecule has 1 amide bonds. The molecule has 0 saturated carbocycles. The van der Waals surface area contributed by atoms with E-state index in [1.54, 1.807) is 11.1 Å². The fraction of sp³-hybridized carbons (Fsp3) is 0.522. The smallest absolute Gasteiger partial charge is 0.265 e. The number of aromatic nitrogens is 1. The SMILES string of the molecule is CC(c1ccc2c(c1)OCCO2)N1CCN(c2ncc(C(=O)N3CCC(=O)CC3)s2)CC1. The van der Waals surface area contributed by atoms with Crippen molar-refractivity contribution in [3.63, 3.8) is 0 Å². The van der Waals surface area contributed by atoms with Crippen LogP contribution >= 0.6 is 11.3 Å². The van der Waals surface area contributed by atoms with E-state index in [0.717, 1.165) is 42.8 Å². The molecule has 32 heavy (non-hydrogen) atoms. The second-order valence-electron chi connectivity index (χ2n) is 8.44. The van der Waals surface area contributed by atoms with Gasteiger partial charge in [0.2, 0.25) is 0 Å². The minimum Gasteiger partial charge on any atom is -0.486 e. The van der Waals surface area contributed by atoms with E-state index in [2.05, 4.69) is 33.8 Å². The van der Waals surface area contributed by atoms with Crippen LogP contribution in [0.5, 0.6) is 11.5 Å². The molecule has 9 heteroatoms. The minimum atomic E-state index is -0.00730. The van der Waals surface area contributed by atoms with Crippen molar-refractivity contribution in [1.82, 2.24) is 14.8 Å². The Kier molecular flexibility index (Phi) is 6.01. The highest BCUT2D eigenvalue weighted by Gasteiger charge is 2.27. The number of piperazine rings is 1. The maximum atomic E-state index is 12.7. The molecule has 170 valence electrons. The summed E-state index contributed by atoms with van der Waals surface area (Å²) in [6, 6.07) is 6.50. The van der Waals surface area contributed by atoms with Crippen LogP contribution in [-0.4, -0.2) is 79.0 Å². The number of piperidine rings is 1. The third kappa shape index (κ3) is 4.31. The zero-order chi connectivity index (χ0) is 22.1. The van der Waals surface area contributed by atoms with Gasteiger partial charge in [0.1, 0.15) is 23.9 Å². The third-order valence-electron chi connectivity index (χ3n) is 6.49. The van der Waals surface area contributed by atoms with E-state index in [1.165, 1.54) is 16.9 Å². The summed E-state index contributed by atoms with van der Waals surface area (Å²) in [5.41, 5.74) is 1.23. The lowest BCUT2D eigenvalue weighted by atomic mass is 10.1. The van der Waals surface area contributed by atoms with Gasteiger partial charge in [-0.1, -0.05) is 17.4 Å². The number of hydrogen-bond donors (Lipinski definition) is 0. The van der Waals surface area contributed by atoms with Crippen LogP contribution in [0.15, 0.2) is 24.4 Å². The quantitative estimate of drug-likeness (QED) is 0.700. The molecule has 3 aliphatic heterocycles. The lowest BCUT2D eigenvalue weighted by molar-refractivity contribution is -0.120. The summed E-state index contributed by atoms with van der Waals surface area (Å²) in [6.07, 6.45) is 2.60. The first-order valence-electron chi connectivity index (χ1n) is 11.2. The fourth-order valence-electron chi connectivity index (χ4n) is 4.46. The number of hydrogen-bond acceptors (Lipinski definition) is 8. The van der Waals surface area contributed by atoms with E-state index in [9.17, 15) is 9.59 Å². The number of likely N-dealkylation sites (tertiary alicyclic amines) is 1. The number of nitrogens with zero attached hydrogens (tertiary/aromatic N) is 4. The first kappa shape index (κ1) is 21.2. The van der Waals surface area contributed by atoms with Gasteiger partial charge in [-0.2, -0.15) is 0 Å². The number of fused-ring (bicyclic) bond motifs is 1. The number of amides is 1. The Morgan fingerprint density at radius 1 is 1.03 bits per heavy atom. The van der Waals surface area contributed by atoms with E-state index in [0.29, 0.717) is 44.0 Å². The monoisotopic (exact) mass is 456 g/mol. The number of benzene rings is 1. The normalized spacial score (nSPS) is 20.3. The van der Waals surface area contributed by atoms with Crippen LogP contribution in [-0.2, 0) is 4.79 Å². The highest BCUT2D eigenvalue weighted by Crippen LogP contribution is 2.34. The molecular weight excluding hydrogens is 428 g/mol. The number of ketones is 1. The molecule has 5 rings (SSSR count). The van der Waals surface area contributed by atoms with Crippen LogP contribution in [0.2, 0.25) is 0 Å². The average Bonchev–Trinajstić information content (AvgIpc) is 3.34. The number of ether oxygens (including phenoxy) is 2. The van der Waals surface area contributed by atoms with Crippen molar-refractivity contribution in [3.8, 4) is 11.5 Å². The molecule has 0 spiro atoms. The van der Waals surface area contributed by atoms with Gasteiger partial charge >= 0.3 is 0 Å². The molecule has 1 aromatic carbocycles. The standard InChI is InChI=1S/C23H28N4O4S/c1-16(17-2-3-19-20(14-17)31-13-12-30-19)25-8-10-27(11-9-25)23-24-15-21(32-23)22(29)26-6-4-18(28)5-7-26/h2-3,14-16H,4-13H2,1H3. The number of carbonyl (C=O) groups is 2. The maximum absolute atomic E-state index is 12.7. The van der Waals surface area contributed by atoms with E-state index < -0.39 is 0 Å². The van der Waals surface area contributed by atoms with Crippen molar-refractivity contribution in [2.45, 2.75) is 25.8 Å². The number of Topliss-reactive ketones (excluding diaryl/α,β-unsaturated/α-hetero) is 1. The Morgan fingerprint density at radius 2 is 1.75 bits per heavy atom. The van der Waals surface area contributed by atoms with Gasteiger partial charge in [0.25, 0.3) is 5.91 Å². The Labute approximate surface area is 191 Å². The van der Waals surface area contributed by atoms with Gasteiger partial charge in [0.05, 0.1) is 6.20 Å². The van der Waals surface area contributed by atoms with Gasteiger partial charge in [0, 0.05) is 58.2 Å². The number of carbonyl (C=O) groups excluding carboxylic acids is 2. The number of anilines is 1. The summed E-state index contributed by atoms with van der Waals surface area (Å²) in [5.74, 6) is 1.88. The first-order valence-corrected chi connectivity index (χ1v) is 12.1. The van der Waals surface area contributed by atoms with Crippen LogP contribution in [0.3, 0.4) is 0 Å². The van der Waals surface area contributed by atoms with Crippen molar-refractivity contribution in [2.75, 3.05) is 57.4 Å². The lowest BCUT2D eigenvalue weighted by Gasteiger charge is -2.38. The second-order valence-corrected chi connectivity index (χ2v) is 9.45. The molecule has 4 heterocycles. The maximum Gasteiger partial charge on any atom is 0.265 e. The molecule has 2 aromatic rings. The molecule has 1 unspecified atom stereocenters. The Balaban J connectivity index is 1.18. The zero-order valence-corrected chi connectivity index (χ0v) is 19.1. The van der Waals surface area contributed by atoms with Crippen LogP contribution in [0.1, 0.15) is 41.0 Å². The Bertz CT molecular complexity index is 992. The number of thiazole rings is 1. The molecule has 0 bridgehead atoms. The van der Waals surface area contributed by atoms with Crippen LogP contribution in [0, 0.1) is 0 Å². The molecule has 8 nitrogen and oxygen atoms in total. The van der Waals surface area contributed by atoms with Crippen molar-refractivity contribution in [2.24, 2.45) is 0 Å². The highest BCUT2D eigenvalue weighted by molar-refractivity contribution is 7.17. The minimum absolute atomic E-state index is 0.00730. The summed E-state index contributed by atoms with van der Waals surface area (Å²) in [5, 5.41) is 0.896. The van der Waals surface area contributed by atoms with Crippen molar-refractivity contribution >= 4 is 28.2 Å². The first-order chi connectivity index (χ1) is 15.6. The lowest BCUT2D eigenvalue weighted by Crippen LogP contribution is -2.47. The fourth-order valence-corrected chi connectivity index (χ4v) is 5.39. The molecule has 0 aliphatic carbocycles. The van der Waals surface area contributed by atoms with Crippen LogP contribution < -0.4 is 14.4 Å². The summed E-state index contributed by atoms with van der Waals surface area (Å²) in [7, 11) is 0.